The van der Waals surface area contributed by atoms with Crippen LogP contribution in [0.4, 0.5) is 0 Å². The van der Waals surface area contributed by atoms with Gasteiger partial charge in [0.2, 0.25) is 0 Å². The number of hydroxylamine groups is 1. The van der Waals surface area contributed by atoms with Crippen LogP contribution in [0.3, 0.4) is 0 Å². The molecule has 0 bridgehead atoms. The van der Waals surface area contributed by atoms with Crippen LogP contribution in [0.25, 0.3) is 0 Å². The SMILES string of the molecule is O=C1OCC=C1NO. The van der Waals surface area contributed by atoms with Crippen molar-refractivity contribution in [2.75, 3.05) is 6.61 Å². The molecule has 0 saturated carbocycles. The number of cyclic esters (lactones) is 1. The lowest BCUT2D eigenvalue weighted by Gasteiger charge is -1.91. The molecule has 0 fully saturated rings. The summed E-state index contributed by atoms with van der Waals surface area (Å²) >= 11 is 0. The molecule has 0 atom stereocenters. The Balaban J connectivity index is 2.62. The van der Waals surface area contributed by atoms with Gasteiger partial charge in [-0.05, 0) is 6.08 Å². The van der Waals surface area contributed by atoms with Crippen LogP contribution in [-0.2, 0) is 9.53 Å². The Morgan fingerprint density at radius 3 is 2.88 bits per heavy atom. The first-order chi connectivity index (χ1) is 3.84. The van der Waals surface area contributed by atoms with Crippen LogP contribution in [0.1, 0.15) is 0 Å². The third kappa shape index (κ3) is 0.651. The Morgan fingerprint density at radius 2 is 2.62 bits per heavy atom. The quantitative estimate of drug-likeness (QED) is 0.354. The van der Waals surface area contributed by atoms with Gasteiger partial charge in [-0.3, -0.25) is 10.7 Å². The van der Waals surface area contributed by atoms with Crippen molar-refractivity contribution in [3.8, 4) is 0 Å². The summed E-state index contributed by atoms with van der Waals surface area (Å²) < 4.78 is 4.40. The van der Waals surface area contributed by atoms with Crippen molar-refractivity contribution >= 4 is 5.97 Å². The molecule has 1 rings (SSSR count). The maximum atomic E-state index is 10.3. The van der Waals surface area contributed by atoms with E-state index in [0.29, 0.717) is 0 Å². The van der Waals surface area contributed by atoms with Gasteiger partial charge < -0.3 is 4.74 Å². The topological polar surface area (TPSA) is 58.6 Å². The molecule has 1 heterocycles. The summed E-state index contributed by atoms with van der Waals surface area (Å²) in [4.78, 5) is 10.3. The van der Waals surface area contributed by atoms with Crippen LogP contribution in [0, 0.1) is 0 Å². The van der Waals surface area contributed by atoms with Gasteiger partial charge in [0.05, 0.1) is 0 Å². The standard InChI is InChI=1S/C4H5NO3/c6-4-3(5-7)1-2-8-4/h1,5,7H,2H2. The third-order valence-electron chi connectivity index (χ3n) is 0.842. The molecule has 4 heteroatoms. The molecule has 0 aromatic carbocycles. The van der Waals surface area contributed by atoms with E-state index in [9.17, 15) is 4.79 Å². The molecule has 0 aromatic rings. The maximum Gasteiger partial charge on any atom is 0.356 e. The van der Waals surface area contributed by atoms with Crippen molar-refractivity contribution in [2.45, 2.75) is 0 Å². The molecule has 0 unspecified atom stereocenters. The maximum absolute atomic E-state index is 10.3. The van der Waals surface area contributed by atoms with Crippen molar-refractivity contribution in [1.82, 2.24) is 5.48 Å². The van der Waals surface area contributed by atoms with Crippen LogP contribution >= 0.6 is 0 Å². The Kier molecular flexibility index (Phi) is 1.17. The lowest BCUT2D eigenvalue weighted by Crippen LogP contribution is -2.13. The Bertz CT molecular complexity index is 140. The molecule has 2 N–H and O–H groups in total. The van der Waals surface area contributed by atoms with E-state index in [0.717, 1.165) is 0 Å². The Labute approximate surface area is 45.7 Å². The van der Waals surface area contributed by atoms with Gasteiger partial charge in [0.25, 0.3) is 0 Å². The summed E-state index contributed by atoms with van der Waals surface area (Å²) in [5.41, 5.74) is 1.82. The first-order valence-electron chi connectivity index (χ1n) is 2.12. The van der Waals surface area contributed by atoms with Gasteiger partial charge in [-0.15, -0.1) is 0 Å². The Hall–Kier alpha value is -1.03. The number of carbonyl (C=O) groups excluding carboxylic acids is 1. The zero-order chi connectivity index (χ0) is 5.98. The number of hydrogen-bond acceptors (Lipinski definition) is 4. The van der Waals surface area contributed by atoms with Gasteiger partial charge in [0.15, 0.2) is 0 Å². The van der Waals surface area contributed by atoms with Crippen molar-refractivity contribution in [3.63, 3.8) is 0 Å². The van der Waals surface area contributed by atoms with Crippen LogP contribution in [0.15, 0.2) is 11.8 Å². The van der Waals surface area contributed by atoms with E-state index in [1.165, 1.54) is 6.08 Å². The summed E-state index contributed by atoms with van der Waals surface area (Å²) in [5, 5.41) is 8.12. The molecule has 1 aliphatic heterocycles. The number of carbonyl (C=O) groups is 1. The molecule has 44 valence electrons. The molecule has 8 heavy (non-hydrogen) atoms. The summed E-state index contributed by atoms with van der Waals surface area (Å²) in [6.07, 6.45) is 1.46. The van der Waals surface area contributed by atoms with Crippen molar-refractivity contribution in [2.24, 2.45) is 0 Å². The first-order valence-corrected chi connectivity index (χ1v) is 2.12. The van der Waals surface area contributed by atoms with Gasteiger partial charge in [0, 0.05) is 0 Å². The van der Waals surface area contributed by atoms with Gasteiger partial charge >= 0.3 is 5.97 Å². The second-order valence-corrected chi connectivity index (χ2v) is 1.33. The minimum Gasteiger partial charge on any atom is -0.457 e. The van der Waals surface area contributed by atoms with Crippen molar-refractivity contribution in [1.29, 1.82) is 0 Å². The van der Waals surface area contributed by atoms with E-state index in [2.05, 4.69) is 4.74 Å². The van der Waals surface area contributed by atoms with E-state index < -0.39 is 5.97 Å². The third-order valence-corrected chi connectivity index (χ3v) is 0.842. The lowest BCUT2D eigenvalue weighted by atomic mass is 10.5. The molecular formula is C4H5NO3. The molecule has 0 radical (unpaired) electrons. The summed E-state index contributed by atoms with van der Waals surface area (Å²) in [5.74, 6) is -0.507. The zero-order valence-corrected chi connectivity index (χ0v) is 4.05. The van der Waals surface area contributed by atoms with E-state index >= 15 is 0 Å². The fraction of sp³-hybridized carbons (Fsp3) is 0.250. The fourth-order valence-electron chi connectivity index (χ4n) is 0.453. The number of nitrogens with one attached hydrogen (secondary N) is 1. The van der Waals surface area contributed by atoms with Crippen LogP contribution in [-0.4, -0.2) is 17.8 Å². The predicted molar refractivity (Wildman–Crippen MR) is 24.0 cm³/mol. The largest absolute Gasteiger partial charge is 0.457 e. The number of esters is 1. The fourth-order valence-corrected chi connectivity index (χ4v) is 0.453. The molecular weight excluding hydrogens is 110 g/mol. The average molecular weight is 115 g/mol. The summed E-state index contributed by atoms with van der Waals surface area (Å²) in [6.45, 7) is 0.252. The number of ether oxygens (including phenoxy) is 1. The van der Waals surface area contributed by atoms with Crippen LogP contribution in [0.2, 0.25) is 0 Å². The van der Waals surface area contributed by atoms with Gasteiger partial charge in [-0.2, -0.15) is 0 Å². The summed E-state index contributed by atoms with van der Waals surface area (Å²) in [7, 11) is 0. The lowest BCUT2D eigenvalue weighted by molar-refractivity contribution is -0.137. The highest BCUT2D eigenvalue weighted by Gasteiger charge is 2.14. The van der Waals surface area contributed by atoms with Crippen molar-refractivity contribution < 1.29 is 14.7 Å². The van der Waals surface area contributed by atoms with E-state index in [1.807, 2.05) is 0 Å². The van der Waals surface area contributed by atoms with Gasteiger partial charge in [-0.1, -0.05) is 0 Å². The molecule has 0 saturated heterocycles. The molecule has 1 aliphatic rings. The minimum absolute atomic E-state index is 0.116. The Morgan fingerprint density at radius 1 is 1.88 bits per heavy atom. The van der Waals surface area contributed by atoms with Gasteiger partial charge in [-0.25, -0.2) is 4.79 Å². The molecule has 0 spiro atoms. The minimum atomic E-state index is -0.507. The van der Waals surface area contributed by atoms with E-state index in [1.54, 1.807) is 5.48 Å². The number of rotatable bonds is 1. The van der Waals surface area contributed by atoms with E-state index in [4.69, 9.17) is 5.21 Å². The second kappa shape index (κ2) is 1.83. The predicted octanol–water partition coefficient (Wildman–Crippen LogP) is -0.594. The smallest absolute Gasteiger partial charge is 0.356 e. The highest BCUT2D eigenvalue weighted by molar-refractivity contribution is 5.89. The second-order valence-electron chi connectivity index (χ2n) is 1.33. The molecule has 4 nitrogen and oxygen atoms in total. The van der Waals surface area contributed by atoms with E-state index in [-0.39, 0.29) is 12.3 Å². The average Bonchev–Trinajstić information content (AvgIpc) is 2.14. The zero-order valence-electron chi connectivity index (χ0n) is 4.05. The summed E-state index contributed by atoms with van der Waals surface area (Å²) in [6, 6.07) is 0. The molecule has 0 amide bonds. The number of hydrogen-bond donors (Lipinski definition) is 2. The van der Waals surface area contributed by atoms with Gasteiger partial charge in [0.1, 0.15) is 12.3 Å². The normalized spacial score (nSPS) is 17.6. The molecule has 0 aromatic heterocycles. The molecule has 0 aliphatic carbocycles. The van der Waals surface area contributed by atoms with Crippen molar-refractivity contribution in [3.05, 3.63) is 11.8 Å². The van der Waals surface area contributed by atoms with Crippen LogP contribution < -0.4 is 5.48 Å². The highest BCUT2D eigenvalue weighted by Crippen LogP contribution is 2.00. The van der Waals surface area contributed by atoms with Crippen LogP contribution in [0.5, 0.6) is 0 Å². The highest BCUT2D eigenvalue weighted by atomic mass is 16.5. The first kappa shape index (κ1) is 5.11. The monoisotopic (exact) mass is 115 g/mol.